The fourth-order valence-corrected chi connectivity index (χ4v) is 4.88. The van der Waals surface area contributed by atoms with Gasteiger partial charge in [-0.15, -0.1) is 11.3 Å². The fourth-order valence-electron chi connectivity index (χ4n) is 2.71. The van der Waals surface area contributed by atoms with Crippen LogP contribution in [0.15, 0.2) is 46.3 Å². The van der Waals surface area contributed by atoms with Gasteiger partial charge in [-0.25, -0.2) is 4.98 Å². The summed E-state index contributed by atoms with van der Waals surface area (Å²) in [6, 6.07) is 9.99. The van der Waals surface area contributed by atoms with Crippen molar-refractivity contribution in [2.45, 2.75) is 13.8 Å². The number of thiophene rings is 1. The van der Waals surface area contributed by atoms with Crippen LogP contribution in [0.2, 0.25) is 0 Å². The van der Waals surface area contributed by atoms with Gasteiger partial charge in [-0.2, -0.15) is 0 Å². The molecule has 0 aliphatic rings. The molecule has 0 atom stereocenters. The number of benzene rings is 1. The minimum absolute atomic E-state index is 0.0336. The summed E-state index contributed by atoms with van der Waals surface area (Å²) in [6.07, 6.45) is 3.53. The summed E-state index contributed by atoms with van der Waals surface area (Å²) in [5, 5.41) is 2.75. The number of nitrogens with zero attached hydrogens (tertiary/aromatic N) is 3. The number of rotatable bonds is 8. The third-order valence-corrected chi connectivity index (χ3v) is 6.68. The van der Waals surface area contributed by atoms with Gasteiger partial charge in [0.15, 0.2) is 5.13 Å². The Bertz CT molecular complexity index is 917. The van der Waals surface area contributed by atoms with E-state index in [4.69, 9.17) is 4.98 Å². The molecule has 2 aromatic heterocycles. The standard InChI is InChI=1S/C20H22BrN3OS2/c1-3-23(4-2)11-12-24(19(25)10-8-16-6-5-13-26-16)20-22-17-9-7-15(21)14-18(17)27-20/h5-10,13-14H,3-4,11-12H2,1-2H3/b10-8+. The summed E-state index contributed by atoms with van der Waals surface area (Å²) >= 11 is 6.68. The van der Waals surface area contributed by atoms with Gasteiger partial charge in [0.25, 0.3) is 5.91 Å². The molecule has 0 aliphatic heterocycles. The van der Waals surface area contributed by atoms with Gasteiger partial charge >= 0.3 is 0 Å². The number of hydrogen-bond acceptors (Lipinski definition) is 5. The van der Waals surface area contributed by atoms with Crippen molar-refractivity contribution in [1.82, 2.24) is 9.88 Å². The number of likely N-dealkylation sites (N-methyl/N-ethyl adjacent to an activating group) is 1. The molecule has 3 rings (SSSR count). The number of anilines is 1. The molecular formula is C20H22BrN3OS2. The molecule has 0 spiro atoms. The molecule has 142 valence electrons. The van der Waals surface area contributed by atoms with Crippen molar-refractivity contribution < 1.29 is 4.79 Å². The highest BCUT2D eigenvalue weighted by atomic mass is 79.9. The molecule has 0 saturated heterocycles. The lowest BCUT2D eigenvalue weighted by Crippen LogP contribution is -2.38. The maximum atomic E-state index is 13.0. The monoisotopic (exact) mass is 463 g/mol. The zero-order valence-electron chi connectivity index (χ0n) is 15.4. The Morgan fingerprint density at radius 1 is 1.22 bits per heavy atom. The fraction of sp³-hybridized carbons (Fsp3) is 0.300. The second-order valence-corrected chi connectivity index (χ2v) is 8.88. The molecule has 0 saturated carbocycles. The number of carbonyl (C=O) groups is 1. The highest BCUT2D eigenvalue weighted by molar-refractivity contribution is 9.10. The summed E-state index contributed by atoms with van der Waals surface area (Å²) in [5.41, 5.74) is 0.918. The van der Waals surface area contributed by atoms with Crippen molar-refractivity contribution in [2.24, 2.45) is 0 Å². The van der Waals surface area contributed by atoms with E-state index in [0.717, 1.165) is 44.3 Å². The van der Waals surface area contributed by atoms with E-state index >= 15 is 0 Å². The first-order valence-electron chi connectivity index (χ1n) is 8.92. The average Bonchev–Trinajstić information content (AvgIpc) is 3.32. The maximum Gasteiger partial charge on any atom is 0.252 e. The van der Waals surface area contributed by atoms with Gasteiger partial charge < -0.3 is 4.90 Å². The molecule has 7 heteroatoms. The van der Waals surface area contributed by atoms with Crippen molar-refractivity contribution in [2.75, 3.05) is 31.1 Å². The van der Waals surface area contributed by atoms with Gasteiger partial charge in [0.2, 0.25) is 0 Å². The Balaban J connectivity index is 1.86. The lowest BCUT2D eigenvalue weighted by Gasteiger charge is -2.23. The molecule has 0 N–H and O–H groups in total. The summed E-state index contributed by atoms with van der Waals surface area (Å²) < 4.78 is 2.09. The smallest absolute Gasteiger partial charge is 0.252 e. The van der Waals surface area contributed by atoms with Crippen molar-refractivity contribution in [1.29, 1.82) is 0 Å². The zero-order valence-corrected chi connectivity index (χ0v) is 18.6. The van der Waals surface area contributed by atoms with Crippen LogP contribution in [-0.2, 0) is 4.79 Å². The minimum Gasteiger partial charge on any atom is -0.302 e. The second-order valence-electron chi connectivity index (χ2n) is 5.97. The Morgan fingerprint density at radius 2 is 2.04 bits per heavy atom. The molecule has 2 heterocycles. The van der Waals surface area contributed by atoms with Crippen LogP contribution in [0.4, 0.5) is 5.13 Å². The van der Waals surface area contributed by atoms with Crippen LogP contribution in [0.1, 0.15) is 18.7 Å². The Kier molecular flexibility index (Phi) is 7.18. The summed E-state index contributed by atoms with van der Waals surface area (Å²) in [4.78, 5) is 22.8. The predicted octanol–water partition coefficient (Wildman–Crippen LogP) is 5.51. The largest absolute Gasteiger partial charge is 0.302 e. The van der Waals surface area contributed by atoms with Crippen LogP contribution in [0.25, 0.3) is 16.3 Å². The molecule has 0 aliphatic carbocycles. The first kappa shape index (κ1) is 20.2. The number of hydrogen-bond donors (Lipinski definition) is 0. The summed E-state index contributed by atoms with van der Waals surface area (Å²) in [7, 11) is 0. The molecule has 0 unspecified atom stereocenters. The van der Waals surface area contributed by atoms with Gasteiger partial charge in [-0.3, -0.25) is 9.69 Å². The van der Waals surface area contributed by atoms with Crippen molar-refractivity contribution in [3.05, 3.63) is 51.1 Å². The number of amides is 1. The Hall–Kier alpha value is -1.54. The molecule has 0 radical (unpaired) electrons. The van der Waals surface area contributed by atoms with Crippen LogP contribution < -0.4 is 4.90 Å². The highest BCUT2D eigenvalue weighted by Crippen LogP contribution is 2.31. The van der Waals surface area contributed by atoms with E-state index in [1.165, 1.54) is 0 Å². The van der Waals surface area contributed by atoms with Crippen molar-refractivity contribution >= 4 is 65.9 Å². The molecule has 1 amide bonds. The third-order valence-electron chi connectivity index (χ3n) is 4.30. The van der Waals surface area contributed by atoms with Crippen molar-refractivity contribution in [3.8, 4) is 0 Å². The van der Waals surface area contributed by atoms with Gasteiger partial charge in [0.1, 0.15) is 0 Å². The van der Waals surface area contributed by atoms with Gasteiger partial charge in [0, 0.05) is 28.5 Å². The lowest BCUT2D eigenvalue weighted by atomic mass is 10.3. The first-order valence-corrected chi connectivity index (χ1v) is 11.4. The Labute approximate surface area is 176 Å². The zero-order chi connectivity index (χ0) is 19.2. The average molecular weight is 464 g/mol. The van der Waals surface area contributed by atoms with E-state index in [1.54, 1.807) is 33.6 Å². The SMILES string of the molecule is CCN(CC)CCN(C(=O)/C=C/c1cccs1)c1nc2ccc(Br)cc2s1. The number of thiazole rings is 1. The molecule has 0 fully saturated rings. The van der Waals surface area contributed by atoms with E-state index in [9.17, 15) is 4.79 Å². The van der Waals surface area contributed by atoms with E-state index in [1.807, 2.05) is 41.8 Å². The van der Waals surface area contributed by atoms with Gasteiger partial charge in [-0.1, -0.05) is 47.2 Å². The molecule has 27 heavy (non-hydrogen) atoms. The third kappa shape index (κ3) is 5.25. The van der Waals surface area contributed by atoms with Gasteiger partial charge in [-0.05, 0) is 48.8 Å². The molecular weight excluding hydrogens is 442 g/mol. The van der Waals surface area contributed by atoms with Crippen molar-refractivity contribution in [3.63, 3.8) is 0 Å². The number of carbonyl (C=O) groups excluding carboxylic acids is 1. The van der Waals surface area contributed by atoms with Crippen LogP contribution >= 0.6 is 38.6 Å². The number of fused-ring (bicyclic) bond motifs is 1. The van der Waals surface area contributed by atoms with E-state index in [2.05, 4.69) is 34.7 Å². The molecule has 3 aromatic rings. The quantitative estimate of drug-likeness (QED) is 0.413. The molecule has 4 nitrogen and oxygen atoms in total. The van der Waals surface area contributed by atoms with E-state index in [-0.39, 0.29) is 5.91 Å². The normalized spacial score (nSPS) is 11.7. The molecule has 1 aromatic carbocycles. The highest BCUT2D eigenvalue weighted by Gasteiger charge is 2.18. The van der Waals surface area contributed by atoms with Gasteiger partial charge in [0.05, 0.1) is 10.2 Å². The summed E-state index contributed by atoms with van der Waals surface area (Å²) in [5.74, 6) is -0.0336. The van der Waals surface area contributed by atoms with Crippen LogP contribution in [-0.4, -0.2) is 42.0 Å². The predicted molar refractivity (Wildman–Crippen MR) is 121 cm³/mol. The number of aromatic nitrogens is 1. The first-order chi connectivity index (χ1) is 13.1. The maximum absolute atomic E-state index is 13.0. The van der Waals surface area contributed by atoms with E-state index < -0.39 is 0 Å². The lowest BCUT2D eigenvalue weighted by molar-refractivity contribution is -0.114. The second kappa shape index (κ2) is 9.59. The topological polar surface area (TPSA) is 36.4 Å². The Morgan fingerprint density at radius 3 is 2.74 bits per heavy atom. The van der Waals surface area contributed by atoms with E-state index in [0.29, 0.717) is 6.54 Å². The minimum atomic E-state index is -0.0336. The number of halogens is 1. The van der Waals surface area contributed by atoms with Crippen LogP contribution in [0.3, 0.4) is 0 Å². The molecule has 0 bridgehead atoms. The van der Waals surface area contributed by atoms with Crippen LogP contribution in [0, 0.1) is 0 Å². The summed E-state index contributed by atoms with van der Waals surface area (Å²) in [6.45, 7) is 7.66. The van der Waals surface area contributed by atoms with Crippen LogP contribution in [0.5, 0.6) is 0 Å².